The number of rotatable bonds is 3. The minimum absolute atomic E-state index is 0.0950. The van der Waals surface area contributed by atoms with Crippen molar-refractivity contribution in [2.24, 2.45) is 0 Å². The minimum atomic E-state index is -4.73. The van der Waals surface area contributed by atoms with E-state index in [1.807, 2.05) is 0 Å². The molecular weight excluding hydrogens is 375 g/mol. The standard InChI is InChI=1S/C15H11BrF3N3O/c1-3-5-22-13(9-6-10(16)8-20-7-9)21-12(15(17,18)19)11(4-2)14(22)23/h1,6-8H,4-5H2,2H3. The maximum Gasteiger partial charge on any atom is 0.433 e. The van der Waals surface area contributed by atoms with Crippen molar-refractivity contribution in [2.45, 2.75) is 26.1 Å². The first kappa shape index (κ1) is 17.2. The molecule has 0 aliphatic heterocycles. The molecule has 0 atom stereocenters. The van der Waals surface area contributed by atoms with Crippen molar-refractivity contribution in [1.29, 1.82) is 0 Å². The van der Waals surface area contributed by atoms with Gasteiger partial charge in [0, 0.05) is 28.0 Å². The lowest BCUT2D eigenvalue weighted by Gasteiger charge is -2.16. The zero-order valence-corrected chi connectivity index (χ0v) is 13.6. The van der Waals surface area contributed by atoms with Crippen LogP contribution < -0.4 is 5.56 Å². The molecule has 2 rings (SSSR count). The van der Waals surface area contributed by atoms with E-state index in [9.17, 15) is 18.0 Å². The predicted molar refractivity (Wildman–Crippen MR) is 82.6 cm³/mol. The molecule has 23 heavy (non-hydrogen) atoms. The van der Waals surface area contributed by atoms with E-state index >= 15 is 0 Å². The first-order valence-corrected chi connectivity index (χ1v) is 7.34. The van der Waals surface area contributed by atoms with Gasteiger partial charge in [0.25, 0.3) is 5.56 Å². The summed E-state index contributed by atoms with van der Waals surface area (Å²) >= 11 is 3.19. The zero-order valence-electron chi connectivity index (χ0n) is 12.0. The van der Waals surface area contributed by atoms with Crippen LogP contribution >= 0.6 is 15.9 Å². The van der Waals surface area contributed by atoms with Crippen LogP contribution in [0, 0.1) is 12.3 Å². The molecule has 0 N–H and O–H groups in total. The zero-order chi connectivity index (χ0) is 17.2. The average molecular weight is 386 g/mol. The van der Waals surface area contributed by atoms with Crippen molar-refractivity contribution in [1.82, 2.24) is 14.5 Å². The molecular formula is C15H11BrF3N3O. The van der Waals surface area contributed by atoms with Gasteiger partial charge in [-0.3, -0.25) is 14.3 Å². The lowest BCUT2D eigenvalue weighted by atomic mass is 10.1. The fourth-order valence-electron chi connectivity index (χ4n) is 2.14. The third-order valence-corrected chi connectivity index (χ3v) is 3.53. The molecule has 0 fully saturated rings. The number of hydrogen-bond donors (Lipinski definition) is 0. The second-order valence-electron chi connectivity index (χ2n) is 4.60. The number of halogens is 4. The topological polar surface area (TPSA) is 47.8 Å². The maximum absolute atomic E-state index is 13.2. The maximum atomic E-state index is 13.2. The summed E-state index contributed by atoms with van der Waals surface area (Å²) in [5, 5.41) is 0. The Labute approximate surface area is 138 Å². The summed E-state index contributed by atoms with van der Waals surface area (Å²) in [6.45, 7) is 1.28. The summed E-state index contributed by atoms with van der Waals surface area (Å²) in [5.41, 5.74) is -2.12. The van der Waals surface area contributed by atoms with E-state index in [1.54, 1.807) is 0 Å². The summed E-state index contributed by atoms with van der Waals surface area (Å²) in [5.74, 6) is 2.11. The molecule has 0 spiro atoms. The summed E-state index contributed by atoms with van der Waals surface area (Å²) in [6.07, 6.45) is 3.21. The third-order valence-electron chi connectivity index (χ3n) is 3.10. The molecule has 0 aliphatic carbocycles. The van der Waals surface area contributed by atoms with Gasteiger partial charge in [0.1, 0.15) is 5.82 Å². The molecule has 2 aromatic rings. The molecule has 2 heterocycles. The van der Waals surface area contributed by atoms with E-state index in [2.05, 4.69) is 31.8 Å². The van der Waals surface area contributed by atoms with Gasteiger partial charge >= 0.3 is 6.18 Å². The van der Waals surface area contributed by atoms with Gasteiger partial charge in [0.2, 0.25) is 0 Å². The predicted octanol–water partition coefficient (Wildman–Crippen LogP) is 3.28. The van der Waals surface area contributed by atoms with Crippen LogP contribution in [-0.4, -0.2) is 14.5 Å². The molecule has 0 saturated carbocycles. The minimum Gasteiger partial charge on any atom is -0.281 e. The first-order valence-electron chi connectivity index (χ1n) is 6.54. The smallest absolute Gasteiger partial charge is 0.281 e. The van der Waals surface area contributed by atoms with Crippen LogP contribution in [0.25, 0.3) is 11.4 Å². The van der Waals surface area contributed by atoms with Crippen LogP contribution in [0.2, 0.25) is 0 Å². The number of alkyl halides is 3. The van der Waals surface area contributed by atoms with Crippen LogP contribution in [0.15, 0.2) is 27.7 Å². The normalized spacial score (nSPS) is 11.3. The Hall–Kier alpha value is -2.14. The monoisotopic (exact) mass is 385 g/mol. The molecule has 8 heteroatoms. The van der Waals surface area contributed by atoms with Gasteiger partial charge < -0.3 is 0 Å². The fraction of sp³-hybridized carbons (Fsp3) is 0.267. The molecule has 0 amide bonds. The molecule has 0 saturated heterocycles. The van der Waals surface area contributed by atoms with Crippen LogP contribution in [0.1, 0.15) is 18.2 Å². The van der Waals surface area contributed by atoms with Crippen molar-refractivity contribution < 1.29 is 13.2 Å². The van der Waals surface area contributed by atoms with Crippen molar-refractivity contribution >= 4 is 15.9 Å². The van der Waals surface area contributed by atoms with E-state index in [1.165, 1.54) is 25.4 Å². The molecule has 0 aromatic carbocycles. The number of hydrogen-bond acceptors (Lipinski definition) is 3. The Bertz CT molecular complexity index is 837. The second kappa shape index (κ2) is 6.54. The number of pyridine rings is 1. The Morgan fingerprint density at radius 1 is 1.39 bits per heavy atom. The van der Waals surface area contributed by atoms with Crippen molar-refractivity contribution in [3.8, 4) is 23.7 Å². The SMILES string of the molecule is C#CCn1c(-c2cncc(Br)c2)nc(C(F)(F)F)c(CC)c1=O. The highest BCUT2D eigenvalue weighted by Gasteiger charge is 2.37. The van der Waals surface area contributed by atoms with Gasteiger partial charge in [0.05, 0.1) is 6.54 Å². The number of terminal acetylenes is 1. The van der Waals surface area contributed by atoms with E-state index in [0.29, 0.717) is 4.47 Å². The Morgan fingerprint density at radius 3 is 2.61 bits per heavy atom. The summed E-state index contributed by atoms with van der Waals surface area (Å²) in [6, 6.07) is 1.52. The van der Waals surface area contributed by atoms with E-state index in [4.69, 9.17) is 6.42 Å². The quantitative estimate of drug-likeness (QED) is 0.761. The Kier molecular flexibility index (Phi) is 4.90. The Morgan fingerprint density at radius 2 is 2.09 bits per heavy atom. The summed E-state index contributed by atoms with van der Waals surface area (Å²) < 4.78 is 41.3. The average Bonchev–Trinajstić information content (AvgIpc) is 2.48. The summed E-state index contributed by atoms with van der Waals surface area (Å²) in [4.78, 5) is 20.0. The van der Waals surface area contributed by atoms with Gasteiger partial charge in [-0.15, -0.1) is 6.42 Å². The lowest BCUT2D eigenvalue weighted by Crippen LogP contribution is -2.31. The van der Waals surface area contributed by atoms with Gasteiger partial charge in [-0.05, 0) is 28.4 Å². The number of aromatic nitrogens is 3. The Balaban J connectivity index is 2.87. The highest BCUT2D eigenvalue weighted by Crippen LogP contribution is 2.31. The number of nitrogens with zero attached hydrogens (tertiary/aromatic N) is 3. The molecule has 0 unspecified atom stereocenters. The van der Waals surface area contributed by atoms with Gasteiger partial charge in [-0.25, -0.2) is 4.98 Å². The molecule has 0 bridgehead atoms. The molecule has 2 aromatic heterocycles. The van der Waals surface area contributed by atoms with Crippen LogP contribution in [0.5, 0.6) is 0 Å². The largest absolute Gasteiger partial charge is 0.433 e. The van der Waals surface area contributed by atoms with Crippen LogP contribution in [0.3, 0.4) is 0 Å². The molecule has 0 aliphatic rings. The van der Waals surface area contributed by atoms with Crippen LogP contribution in [0.4, 0.5) is 13.2 Å². The van der Waals surface area contributed by atoms with E-state index in [0.717, 1.165) is 4.57 Å². The second-order valence-corrected chi connectivity index (χ2v) is 5.52. The molecule has 0 radical (unpaired) electrons. The van der Waals surface area contributed by atoms with Gasteiger partial charge in [-0.1, -0.05) is 12.8 Å². The van der Waals surface area contributed by atoms with Crippen LogP contribution in [-0.2, 0) is 19.1 Å². The van der Waals surface area contributed by atoms with Crippen molar-refractivity contribution in [3.63, 3.8) is 0 Å². The van der Waals surface area contributed by atoms with Crippen molar-refractivity contribution in [3.05, 3.63) is 44.5 Å². The summed E-state index contributed by atoms with van der Waals surface area (Å²) in [7, 11) is 0. The van der Waals surface area contributed by atoms with E-state index in [-0.39, 0.29) is 24.4 Å². The fourth-order valence-corrected chi connectivity index (χ4v) is 2.50. The van der Waals surface area contributed by atoms with Gasteiger partial charge in [-0.2, -0.15) is 13.2 Å². The molecule has 120 valence electrons. The van der Waals surface area contributed by atoms with Crippen molar-refractivity contribution in [2.75, 3.05) is 0 Å². The van der Waals surface area contributed by atoms with Gasteiger partial charge in [0.15, 0.2) is 5.69 Å². The van der Waals surface area contributed by atoms with E-state index < -0.39 is 23.0 Å². The lowest BCUT2D eigenvalue weighted by molar-refractivity contribution is -0.142. The highest BCUT2D eigenvalue weighted by atomic mass is 79.9. The highest BCUT2D eigenvalue weighted by molar-refractivity contribution is 9.10. The first-order chi connectivity index (χ1) is 10.8. The third kappa shape index (κ3) is 3.45. The molecule has 4 nitrogen and oxygen atoms in total.